The van der Waals surface area contributed by atoms with Crippen LogP contribution in [0.4, 0.5) is 0 Å². The van der Waals surface area contributed by atoms with Crippen LogP contribution in [-0.2, 0) is 27.5 Å². The molecule has 1 heterocycles. The van der Waals surface area contributed by atoms with Gasteiger partial charge in [-0.1, -0.05) is 24.3 Å². The van der Waals surface area contributed by atoms with E-state index in [1.165, 1.54) is 0 Å². The highest BCUT2D eigenvalue weighted by Gasteiger charge is 2.26. The maximum absolute atomic E-state index is 12.1. The van der Waals surface area contributed by atoms with Gasteiger partial charge in [-0.25, -0.2) is 0 Å². The number of methoxy groups -OCH3 is 1. The van der Waals surface area contributed by atoms with E-state index in [-0.39, 0.29) is 30.8 Å². The van der Waals surface area contributed by atoms with E-state index >= 15 is 0 Å². The van der Waals surface area contributed by atoms with Gasteiger partial charge in [0.15, 0.2) is 0 Å². The number of amides is 1. The minimum absolute atomic E-state index is 0. The Morgan fingerprint density at radius 1 is 1.33 bits per heavy atom. The third-order valence-electron chi connectivity index (χ3n) is 4.12. The van der Waals surface area contributed by atoms with Gasteiger partial charge in [-0.2, -0.15) is 0 Å². The van der Waals surface area contributed by atoms with E-state index in [1.807, 2.05) is 29.2 Å². The van der Waals surface area contributed by atoms with Crippen LogP contribution in [0.1, 0.15) is 24.0 Å². The Bertz CT molecular complexity index is 553. The number of halogens is 1. The third-order valence-corrected chi connectivity index (χ3v) is 4.12. The summed E-state index contributed by atoms with van der Waals surface area (Å²) in [5, 5.41) is 12.0. The average Bonchev–Trinajstić information content (AvgIpc) is 2.54. The summed E-state index contributed by atoms with van der Waals surface area (Å²) >= 11 is 0. The number of rotatable bonds is 7. The molecule has 0 bridgehead atoms. The number of likely N-dealkylation sites (tertiary alicyclic amines) is 1. The molecule has 2 rings (SSSR count). The number of carboxylic acids is 1. The number of carbonyl (C=O) groups excluding carboxylic acids is 1. The van der Waals surface area contributed by atoms with Crippen LogP contribution < -0.4 is 5.32 Å². The van der Waals surface area contributed by atoms with Gasteiger partial charge in [0.25, 0.3) is 0 Å². The molecule has 1 amide bonds. The summed E-state index contributed by atoms with van der Waals surface area (Å²) < 4.78 is 5.15. The molecule has 0 saturated carbocycles. The number of hydrogen-bond acceptors (Lipinski definition) is 4. The predicted octanol–water partition coefficient (Wildman–Crippen LogP) is 1.67. The Kier molecular flexibility index (Phi) is 8.74. The van der Waals surface area contributed by atoms with Crippen LogP contribution in [0.2, 0.25) is 0 Å². The fraction of sp³-hybridized carbons (Fsp3) is 0.529. The summed E-state index contributed by atoms with van der Waals surface area (Å²) in [5.74, 6) is -1.22. The monoisotopic (exact) mass is 356 g/mol. The zero-order chi connectivity index (χ0) is 16.7. The summed E-state index contributed by atoms with van der Waals surface area (Å²) in [5.41, 5.74) is 2.09. The van der Waals surface area contributed by atoms with Gasteiger partial charge in [0.2, 0.25) is 5.91 Å². The number of benzene rings is 1. The maximum Gasteiger partial charge on any atom is 0.307 e. The standard InChI is InChI=1S/C17H24N2O4.ClH/c1-23-12-15-6-3-2-5-13(15)9-18-16(20)11-19-8-4-7-14(10-19)17(21)22;/h2-3,5-6,14H,4,7-12H2,1H3,(H,18,20)(H,21,22);1H. The molecule has 134 valence electrons. The Balaban J connectivity index is 0.00000288. The van der Waals surface area contributed by atoms with Crippen LogP contribution in [0.5, 0.6) is 0 Å². The first kappa shape index (κ1) is 20.4. The van der Waals surface area contributed by atoms with Gasteiger partial charge in [-0.3, -0.25) is 14.5 Å². The van der Waals surface area contributed by atoms with Gasteiger partial charge < -0.3 is 15.2 Å². The molecule has 2 N–H and O–H groups in total. The van der Waals surface area contributed by atoms with Crippen molar-refractivity contribution in [3.63, 3.8) is 0 Å². The molecule has 0 aromatic heterocycles. The van der Waals surface area contributed by atoms with Crippen molar-refractivity contribution in [1.29, 1.82) is 0 Å². The number of ether oxygens (including phenoxy) is 1. The highest BCUT2D eigenvalue weighted by molar-refractivity contribution is 5.85. The number of nitrogens with zero attached hydrogens (tertiary/aromatic N) is 1. The molecule has 1 aromatic carbocycles. The molecule has 1 aliphatic rings. The van der Waals surface area contributed by atoms with Crippen molar-refractivity contribution in [1.82, 2.24) is 10.2 Å². The Morgan fingerprint density at radius 2 is 2.04 bits per heavy atom. The van der Waals surface area contributed by atoms with Gasteiger partial charge in [0.05, 0.1) is 19.1 Å². The van der Waals surface area contributed by atoms with E-state index in [1.54, 1.807) is 7.11 Å². The van der Waals surface area contributed by atoms with Crippen molar-refractivity contribution in [2.75, 3.05) is 26.7 Å². The quantitative estimate of drug-likeness (QED) is 0.777. The molecule has 1 aromatic rings. The normalized spacial score (nSPS) is 17.8. The lowest BCUT2D eigenvalue weighted by Crippen LogP contribution is -2.44. The molecule has 6 nitrogen and oxygen atoms in total. The summed E-state index contributed by atoms with van der Waals surface area (Å²) in [7, 11) is 1.64. The van der Waals surface area contributed by atoms with Crippen molar-refractivity contribution in [3.05, 3.63) is 35.4 Å². The second-order valence-electron chi connectivity index (χ2n) is 5.89. The van der Waals surface area contributed by atoms with Gasteiger partial charge in [0, 0.05) is 20.2 Å². The number of piperidine rings is 1. The number of nitrogens with one attached hydrogen (secondary N) is 1. The Hall–Kier alpha value is -1.63. The van der Waals surface area contributed by atoms with Crippen molar-refractivity contribution in [3.8, 4) is 0 Å². The zero-order valence-electron chi connectivity index (χ0n) is 13.9. The van der Waals surface area contributed by atoms with E-state index in [0.29, 0.717) is 26.1 Å². The first-order valence-corrected chi connectivity index (χ1v) is 7.87. The molecule has 1 atom stereocenters. The largest absolute Gasteiger partial charge is 0.481 e. The van der Waals surface area contributed by atoms with Crippen LogP contribution in [0.15, 0.2) is 24.3 Å². The molecule has 24 heavy (non-hydrogen) atoms. The smallest absolute Gasteiger partial charge is 0.307 e. The molecule has 1 aliphatic heterocycles. The van der Waals surface area contributed by atoms with Crippen molar-refractivity contribution in [2.45, 2.75) is 26.0 Å². The molecule has 1 unspecified atom stereocenters. The Morgan fingerprint density at radius 3 is 2.71 bits per heavy atom. The van der Waals surface area contributed by atoms with Crippen LogP contribution >= 0.6 is 12.4 Å². The average molecular weight is 357 g/mol. The summed E-state index contributed by atoms with van der Waals surface area (Å²) in [6, 6.07) is 7.82. The number of aliphatic carboxylic acids is 1. The maximum atomic E-state index is 12.1. The fourth-order valence-corrected chi connectivity index (χ4v) is 2.88. The number of hydrogen-bond donors (Lipinski definition) is 2. The van der Waals surface area contributed by atoms with E-state index in [2.05, 4.69) is 5.32 Å². The van der Waals surface area contributed by atoms with Crippen LogP contribution in [0.3, 0.4) is 0 Å². The lowest BCUT2D eigenvalue weighted by molar-refractivity contribution is -0.144. The highest BCUT2D eigenvalue weighted by atomic mass is 35.5. The summed E-state index contributed by atoms with van der Waals surface area (Å²) in [6.45, 7) is 2.43. The highest BCUT2D eigenvalue weighted by Crippen LogP contribution is 2.16. The summed E-state index contributed by atoms with van der Waals surface area (Å²) in [6.07, 6.45) is 1.51. The van der Waals surface area contributed by atoms with Crippen LogP contribution in [0.25, 0.3) is 0 Å². The summed E-state index contributed by atoms with van der Waals surface area (Å²) in [4.78, 5) is 25.1. The number of carboxylic acid groups (broad SMARTS) is 1. The van der Waals surface area contributed by atoms with Crippen LogP contribution in [-0.4, -0.2) is 48.6 Å². The third kappa shape index (κ3) is 6.11. The van der Waals surface area contributed by atoms with Crippen molar-refractivity contribution >= 4 is 24.3 Å². The number of carbonyl (C=O) groups is 2. The lowest BCUT2D eigenvalue weighted by Gasteiger charge is -2.29. The molecule has 0 aliphatic carbocycles. The minimum atomic E-state index is -0.774. The first-order chi connectivity index (χ1) is 11.1. The van der Waals surface area contributed by atoms with E-state index in [4.69, 9.17) is 9.84 Å². The molecule has 1 fully saturated rings. The Labute approximate surface area is 148 Å². The molecule has 7 heteroatoms. The van der Waals surface area contributed by atoms with Gasteiger partial charge in [0.1, 0.15) is 0 Å². The first-order valence-electron chi connectivity index (χ1n) is 7.87. The molecule has 0 spiro atoms. The van der Waals surface area contributed by atoms with E-state index in [0.717, 1.165) is 24.1 Å². The molecule has 0 radical (unpaired) electrons. The van der Waals surface area contributed by atoms with Crippen molar-refractivity contribution in [2.24, 2.45) is 5.92 Å². The lowest BCUT2D eigenvalue weighted by atomic mass is 9.98. The topological polar surface area (TPSA) is 78.9 Å². The van der Waals surface area contributed by atoms with Gasteiger partial charge >= 0.3 is 5.97 Å². The fourth-order valence-electron chi connectivity index (χ4n) is 2.88. The molecular formula is C17H25ClN2O4. The predicted molar refractivity (Wildman–Crippen MR) is 93.0 cm³/mol. The van der Waals surface area contributed by atoms with Crippen molar-refractivity contribution < 1.29 is 19.4 Å². The minimum Gasteiger partial charge on any atom is -0.481 e. The molecular weight excluding hydrogens is 332 g/mol. The van der Waals surface area contributed by atoms with E-state index < -0.39 is 5.97 Å². The molecule has 1 saturated heterocycles. The van der Waals surface area contributed by atoms with E-state index in [9.17, 15) is 9.59 Å². The zero-order valence-corrected chi connectivity index (χ0v) is 14.7. The van der Waals surface area contributed by atoms with Gasteiger partial charge in [-0.05, 0) is 30.5 Å². The second kappa shape index (κ2) is 10.3. The van der Waals surface area contributed by atoms with Crippen LogP contribution in [0, 0.1) is 5.92 Å². The SMILES string of the molecule is COCc1ccccc1CNC(=O)CN1CCCC(C(=O)O)C1.Cl. The second-order valence-corrected chi connectivity index (χ2v) is 5.89. The van der Waals surface area contributed by atoms with Gasteiger partial charge in [-0.15, -0.1) is 12.4 Å².